The molecule has 2 rings (SSSR count). The molecule has 0 radical (unpaired) electrons. The Labute approximate surface area is 92.5 Å². The molecular weight excluding hydrogens is 214 g/mol. The first kappa shape index (κ1) is 9.69. The van der Waals surface area contributed by atoms with Gasteiger partial charge >= 0.3 is 0 Å². The van der Waals surface area contributed by atoms with Crippen LogP contribution in [0.25, 0.3) is 11.3 Å². The molecule has 0 amide bonds. The van der Waals surface area contributed by atoms with Crippen molar-refractivity contribution in [2.75, 3.05) is 0 Å². The molecule has 0 atom stereocenters. The van der Waals surface area contributed by atoms with E-state index in [-0.39, 0.29) is 0 Å². The summed E-state index contributed by atoms with van der Waals surface area (Å²) < 4.78 is 5.02. The third-order valence-electron chi connectivity index (χ3n) is 2.14. The van der Waals surface area contributed by atoms with Crippen LogP contribution in [0.4, 0.5) is 0 Å². The summed E-state index contributed by atoms with van der Waals surface area (Å²) in [7, 11) is 0. The third-order valence-corrected chi connectivity index (χ3v) is 3.04. The van der Waals surface area contributed by atoms with Gasteiger partial charge in [-0.25, -0.2) is 0 Å². The molecule has 1 aromatic carbocycles. The molecule has 0 unspecified atom stereocenters. The van der Waals surface area contributed by atoms with Gasteiger partial charge in [0.05, 0.1) is 5.69 Å². The van der Waals surface area contributed by atoms with Gasteiger partial charge in [0.15, 0.2) is 0 Å². The Hall–Kier alpha value is -0.860. The fraction of sp³-hybridized carbons (Fsp3) is 0.182. The van der Waals surface area contributed by atoms with Crippen LogP contribution in [0.5, 0.6) is 0 Å². The molecule has 14 heavy (non-hydrogen) atoms. The lowest BCUT2D eigenvalue weighted by molar-refractivity contribution is 1.37. The van der Waals surface area contributed by atoms with Crippen molar-refractivity contribution in [2.24, 2.45) is 0 Å². The molecule has 0 bridgehead atoms. The summed E-state index contributed by atoms with van der Waals surface area (Å²) in [5.74, 6) is 0. The molecule has 0 spiro atoms. The molecule has 0 saturated heterocycles. The van der Waals surface area contributed by atoms with Crippen LogP contribution >= 0.6 is 23.1 Å². The fourth-order valence-corrected chi connectivity index (χ4v) is 2.19. The van der Waals surface area contributed by atoms with Crippen LogP contribution in [0, 0.1) is 13.8 Å². The van der Waals surface area contributed by atoms with Crippen molar-refractivity contribution in [3.63, 3.8) is 0 Å². The number of aryl methyl sites for hydroxylation is 2. The van der Waals surface area contributed by atoms with E-state index in [4.69, 9.17) is 11.6 Å². The van der Waals surface area contributed by atoms with E-state index < -0.39 is 0 Å². The highest BCUT2D eigenvalue weighted by Crippen LogP contribution is 2.27. The number of aromatic nitrogens is 1. The van der Waals surface area contributed by atoms with Gasteiger partial charge in [0, 0.05) is 5.56 Å². The van der Waals surface area contributed by atoms with Gasteiger partial charge in [-0.3, -0.25) is 0 Å². The molecule has 0 aliphatic heterocycles. The van der Waals surface area contributed by atoms with Gasteiger partial charge in [-0.05, 0) is 37.0 Å². The third kappa shape index (κ3) is 1.81. The Morgan fingerprint density at radius 3 is 2.57 bits per heavy atom. The lowest BCUT2D eigenvalue weighted by Gasteiger charge is -2.02. The maximum Gasteiger partial charge on any atom is 0.114 e. The van der Waals surface area contributed by atoms with E-state index in [9.17, 15) is 0 Å². The van der Waals surface area contributed by atoms with E-state index in [1.807, 2.05) is 6.07 Å². The second-order valence-electron chi connectivity index (χ2n) is 3.33. The minimum absolute atomic E-state index is 0.736. The van der Waals surface area contributed by atoms with E-state index >= 15 is 0 Å². The Kier molecular flexibility index (Phi) is 2.57. The summed E-state index contributed by atoms with van der Waals surface area (Å²) in [4.78, 5) is 0. The van der Waals surface area contributed by atoms with Gasteiger partial charge in [-0.1, -0.05) is 35.4 Å². The molecule has 0 saturated carbocycles. The highest BCUT2D eigenvalue weighted by atomic mass is 35.5. The van der Waals surface area contributed by atoms with E-state index in [0.717, 1.165) is 10.0 Å². The standard InChI is InChI=1S/C11H10ClNS/c1-7-3-4-9(8(2)5-7)10-6-11(12)14-13-10/h3-6H,1-2H3. The molecule has 1 aromatic heterocycles. The van der Waals surface area contributed by atoms with Crippen molar-refractivity contribution in [1.82, 2.24) is 4.37 Å². The summed E-state index contributed by atoms with van der Waals surface area (Å²) in [6.07, 6.45) is 0. The molecular formula is C11H10ClNS. The van der Waals surface area contributed by atoms with E-state index in [0.29, 0.717) is 0 Å². The molecule has 2 aromatic rings. The van der Waals surface area contributed by atoms with Crippen molar-refractivity contribution in [2.45, 2.75) is 13.8 Å². The van der Waals surface area contributed by atoms with Crippen LogP contribution in [0.3, 0.4) is 0 Å². The zero-order chi connectivity index (χ0) is 10.1. The first-order chi connectivity index (χ1) is 6.66. The zero-order valence-corrected chi connectivity index (χ0v) is 9.62. The van der Waals surface area contributed by atoms with Gasteiger partial charge in [-0.15, -0.1) is 0 Å². The maximum atomic E-state index is 5.85. The second-order valence-corrected chi connectivity index (χ2v) is 4.77. The second kappa shape index (κ2) is 3.71. The van der Waals surface area contributed by atoms with E-state index in [1.165, 1.54) is 28.2 Å². The molecule has 72 valence electrons. The van der Waals surface area contributed by atoms with Crippen LogP contribution in [-0.4, -0.2) is 4.37 Å². The SMILES string of the molecule is Cc1ccc(-c2cc(Cl)sn2)c(C)c1. The lowest BCUT2D eigenvalue weighted by Crippen LogP contribution is -1.83. The molecule has 0 aliphatic carbocycles. The average molecular weight is 224 g/mol. The van der Waals surface area contributed by atoms with Crippen LogP contribution in [-0.2, 0) is 0 Å². The quantitative estimate of drug-likeness (QED) is 0.710. The largest absolute Gasteiger partial charge is 0.191 e. The predicted octanol–water partition coefficient (Wildman–Crippen LogP) is 4.08. The fourth-order valence-electron chi connectivity index (χ4n) is 1.48. The number of hydrogen-bond donors (Lipinski definition) is 0. The highest BCUT2D eigenvalue weighted by molar-refractivity contribution is 7.10. The average Bonchev–Trinajstić information content (AvgIpc) is 2.51. The van der Waals surface area contributed by atoms with Gasteiger partial charge in [-0.2, -0.15) is 4.37 Å². The smallest absolute Gasteiger partial charge is 0.114 e. The zero-order valence-electron chi connectivity index (χ0n) is 8.04. The number of nitrogens with zero attached hydrogens (tertiary/aromatic N) is 1. The highest BCUT2D eigenvalue weighted by Gasteiger charge is 2.05. The van der Waals surface area contributed by atoms with Gasteiger partial charge in [0.2, 0.25) is 0 Å². The molecule has 0 fully saturated rings. The van der Waals surface area contributed by atoms with Crippen molar-refractivity contribution >= 4 is 23.1 Å². The van der Waals surface area contributed by atoms with Crippen LogP contribution in [0.2, 0.25) is 4.34 Å². The molecule has 0 N–H and O–H groups in total. The van der Waals surface area contributed by atoms with Crippen molar-refractivity contribution < 1.29 is 0 Å². The van der Waals surface area contributed by atoms with Crippen molar-refractivity contribution in [3.05, 3.63) is 39.7 Å². The summed E-state index contributed by atoms with van der Waals surface area (Å²) in [6.45, 7) is 4.18. The monoisotopic (exact) mass is 223 g/mol. The predicted molar refractivity (Wildman–Crippen MR) is 62.0 cm³/mol. The number of benzene rings is 1. The molecule has 1 heterocycles. The van der Waals surface area contributed by atoms with E-state index in [1.54, 1.807) is 0 Å². The van der Waals surface area contributed by atoms with Gasteiger partial charge in [0.25, 0.3) is 0 Å². The van der Waals surface area contributed by atoms with E-state index in [2.05, 4.69) is 36.4 Å². The van der Waals surface area contributed by atoms with Crippen LogP contribution < -0.4 is 0 Å². The van der Waals surface area contributed by atoms with Crippen LogP contribution in [0.15, 0.2) is 24.3 Å². The topological polar surface area (TPSA) is 12.9 Å². The van der Waals surface area contributed by atoms with Crippen molar-refractivity contribution in [1.29, 1.82) is 0 Å². The summed E-state index contributed by atoms with van der Waals surface area (Å²) in [6, 6.07) is 8.25. The summed E-state index contributed by atoms with van der Waals surface area (Å²) in [5, 5.41) is 0. The summed E-state index contributed by atoms with van der Waals surface area (Å²) in [5.41, 5.74) is 4.65. The normalized spacial score (nSPS) is 10.5. The van der Waals surface area contributed by atoms with Crippen molar-refractivity contribution in [3.8, 4) is 11.3 Å². The number of hydrogen-bond acceptors (Lipinski definition) is 2. The number of halogens is 1. The molecule has 1 nitrogen and oxygen atoms in total. The first-order valence-corrected chi connectivity index (χ1v) is 5.52. The molecule has 0 aliphatic rings. The molecule has 3 heteroatoms. The van der Waals surface area contributed by atoms with Crippen LogP contribution in [0.1, 0.15) is 11.1 Å². The van der Waals surface area contributed by atoms with Gasteiger partial charge in [0.1, 0.15) is 4.34 Å². The lowest BCUT2D eigenvalue weighted by atomic mass is 10.0. The minimum atomic E-state index is 0.736. The Balaban J connectivity index is 2.52. The first-order valence-electron chi connectivity index (χ1n) is 4.36. The summed E-state index contributed by atoms with van der Waals surface area (Å²) >= 11 is 7.18. The minimum Gasteiger partial charge on any atom is -0.191 e. The Morgan fingerprint density at radius 2 is 2.00 bits per heavy atom. The number of rotatable bonds is 1. The maximum absolute atomic E-state index is 5.85. The Morgan fingerprint density at radius 1 is 1.21 bits per heavy atom. The van der Waals surface area contributed by atoms with Gasteiger partial charge < -0.3 is 0 Å². The Bertz CT molecular complexity index is 462.